The standard InChI is InChI=1S/C17H29N3O4S/c1-2-13-25(23,24)20-8-4-3-5-15(20)17(22)19-11-9-18(10-12-19)16(21)14-6-7-14/h14-15H,2-13H2,1H3. The van der Waals surface area contributed by atoms with Crippen LogP contribution in [0.1, 0.15) is 45.4 Å². The van der Waals surface area contributed by atoms with E-state index in [1.54, 1.807) is 4.90 Å². The Bertz CT molecular complexity index is 609. The van der Waals surface area contributed by atoms with E-state index in [1.807, 2.05) is 11.8 Å². The largest absolute Gasteiger partial charge is 0.339 e. The number of piperidine rings is 1. The number of amides is 2. The minimum Gasteiger partial charge on any atom is -0.339 e. The van der Waals surface area contributed by atoms with Crippen LogP contribution in [0.25, 0.3) is 0 Å². The van der Waals surface area contributed by atoms with Gasteiger partial charge in [0, 0.05) is 38.6 Å². The average molecular weight is 372 g/mol. The van der Waals surface area contributed by atoms with Gasteiger partial charge >= 0.3 is 0 Å². The molecule has 0 bridgehead atoms. The van der Waals surface area contributed by atoms with Gasteiger partial charge in [0.1, 0.15) is 6.04 Å². The molecule has 3 fully saturated rings. The number of piperazine rings is 1. The van der Waals surface area contributed by atoms with Crippen molar-refractivity contribution in [2.45, 2.75) is 51.5 Å². The predicted molar refractivity (Wildman–Crippen MR) is 94.3 cm³/mol. The fourth-order valence-electron chi connectivity index (χ4n) is 3.81. The predicted octanol–water partition coefficient (Wildman–Crippen LogP) is 0.662. The highest BCUT2D eigenvalue weighted by Crippen LogP contribution is 2.31. The van der Waals surface area contributed by atoms with E-state index in [0.717, 1.165) is 25.7 Å². The summed E-state index contributed by atoms with van der Waals surface area (Å²) in [6, 6.07) is -0.559. The van der Waals surface area contributed by atoms with E-state index in [1.165, 1.54) is 4.31 Å². The van der Waals surface area contributed by atoms with Crippen molar-refractivity contribution >= 4 is 21.8 Å². The highest BCUT2D eigenvalue weighted by atomic mass is 32.2. The number of hydrogen-bond acceptors (Lipinski definition) is 4. The first kappa shape index (κ1) is 18.6. The molecule has 3 aliphatic rings. The molecule has 0 radical (unpaired) electrons. The highest BCUT2D eigenvalue weighted by molar-refractivity contribution is 7.89. The van der Waals surface area contributed by atoms with Crippen molar-refractivity contribution in [1.82, 2.24) is 14.1 Å². The van der Waals surface area contributed by atoms with Crippen molar-refractivity contribution in [1.29, 1.82) is 0 Å². The molecule has 1 aliphatic carbocycles. The first-order valence-corrected chi connectivity index (χ1v) is 11.1. The highest BCUT2D eigenvalue weighted by Gasteiger charge is 2.40. The van der Waals surface area contributed by atoms with Crippen LogP contribution in [0.15, 0.2) is 0 Å². The van der Waals surface area contributed by atoms with E-state index in [0.29, 0.717) is 45.6 Å². The van der Waals surface area contributed by atoms with Crippen LogP contribution in [0, 0.1) is 5.92 Å². The number of carbonyl (C=O) groups is 2. The number of rotatable bonds is 5. The summed E-state index contributed by atoms with van der Waals surface area (Å²) >= 11 is 0. The topological polar surface area (TPSA) is 78.0 Å². The Kier molecular flexibility index (Phi) is 5.68. The molecular weight excluding hydrogens is 342 g/mol. The molecular formula is C17H29N3O4S. The molecule has 2 heterocycles. The number of carbonyl (C=O) groups excluding carboxylic acids is 2. The van der Waals surface area contributed by atoms with Crippen molar-refractivity contribution in [3.05, 3.63) is 0 Å². The maximum absolute atomic E-state index is 13.0. The number of nitrogens with zero attached hydrogens (tertiary/aromatic N) is 3. The van der Waals surface area contributed by atoms with Gasteiger partial charge in [0.15, 0.2) is 0 Å². The molecule has 2 amide bonds. The van der Waals surface area contributed by atoms with Crippen LogP contribution in [0.4, 0.5) is 0 Å². The van der Waals surface area contributed by atoms with E-state index >= 15 is 0 Å². The van der Waals surface area contributed by atoms with Crippen LogP contribution in [0.2, 0.25) is 0 Å². The molecule has 0 spiro atoms. The van der Waals surface area contributed by atoms with E-state index in [2.05, 4.69) is 0 Å². The Balaban J connectivity index is 1.62. The summed E-state index contributed by atoms with van der Waals surface area (Å²) < 4.78 is 26.5. The van der Waals surface area contributed by atoms with Crippen LogP contribution in [0.3, 0.4) is 0 Å². The quantitative estimate of drug-likeness (QED) is 0.711. The van der Waals surface area contributed by atoms with Gasteiger partial charge in [-0.25, -0.2) is 8.42 Å². The lowest BCUT2D eigenvalue weighted by Crippen LogP contribution is -2.58. The summed E-state index contributed by atoms with van der Waals surface area (Å²) in [5.41, 5.74) is 0. The third-order valence-corrected chi connectivity index (χ3v) is 7.46. The molecule has 3 rings (SSSR count). The van der Waals surface area contributed by atoms with Crippen molar-refractivity contribution in [2.24, 2.45) is 5.92 Å². The van der Waals surface area contributed by atoms with Crippen molar-refractivity contribution in [2.75, 3.05) is 38.5 Å². The second-order valence-corrected chi connectivity index (χ2v) is 9.40. The normalized spacial score (nSPS) is 25.9. The summed E-state index contributed by atoms with van der Waals surface area (Å²) in [6.07, 6.45) is 4.84. The third kappa shape index (κ3) is 4.16. The second-order valence-electron chi connectivity index (χ2n) is 7.36. The Labute approximate surface area is 150 Å². The van der Waals surface area contributed by atoms with E-state index in [9.17, 15) is 18.0 Å². The van der Waals surface area contributed by atoms with Gasteiger partial charge in [-0.2, -0.15) is 4.31 Å². The molecule has 1 unspecified atom stereocenters. The van der Waals surface area contributed by atoms with Gasteiger partial charge in [0.05, 0.1) is 5.75 Å². The fraction of sp³-hybridized carbons (Fsp3) is 0.882. The summed E-state index contributed by atoms with van der Waals surface area (Å²) in [7, 11) is -3.37. The van der Waals surface area contributed by atoms with Gasteiger partial charge in [0.25, 0.3) is 0 Å². The van der Waals surface area contributed by atoms with Crippen LogP contribution < -0.4 is 0 Å². The first-order valence-electron chi connectivity index (χ1n) is 9.51. The molecule has 7 nitrogen and oxygen atoms in total. The molecule has 142 valence electrons. The maximum atomic E-state index is 13.0. The monoisotopic (exact) mass is 371 g/mol. The Morgan fingerprint density at radius 2 is 1.48 bits per heavy atom. The molecule has 8 heteroatoms. The van der Waals surface area contributed by atoms with Crippen molar-refractivity contribution in [3.8, 4) is 0 Å². The summed E-state index contributed by atoms with van der Waals surface area (Å²) in [5.74, 6) is 0.436. The molecule has 0 aromatic rings. The molecule has 25 heavy (non-hydrogen) atoms. The van der Waals surface area contributed by atoms with Gasteiger partial charge in [-0.1, -0.05) is 13.3 Å². The lowest BCUT2D eigenvalue weighted by molar-refractivity contribution is -0.143. The zero-order chi connectivity index (χ0) is 18.0. The average Bonchev–Trinajstić information content (AvgIpc) is 3.46. The lowest BCUT2D eigenvalue weighted by atomic mass is 10.0. The smallest absolute Gasteiger partial charge is 0.241 e. The lowest BCUT2D eigenvalue weighted by Gasteiger charge is -2.40. The zero-order valence-corrected chi connectivity index (χ0v) is 15.8. The van der Waals surface area contributed by atoms with Crippen LogP contribution in [-0.4, -0.2) is 78.9 Å². The van der Waals surface area contributed by atoms with Crippen molar-refractivity contribution < 1.29 is 18.0 Å². The minimum atomic E-state index is -3.37. The van der Waals surface area contributed by atoms with Crippen LogP contribution >= 0.6 is 0 Å². The van der Waals surface area contributed by atoms with E-state index in [-0.39, 0.29) is 23.5 Å². The molecule has 0 N–H and O–H groups in total. The summed E-state index contributed by atoms with van der Waals surface area (Å²) in [4.78, 5) is 28.7. The third-order valence-electron chi connectivity index (χ3n) is 5.39. The molecule has 2 saturated heterocycles. The molecule has 1 saturated carbocycles. The first-order chi connectivity index (χ1) is 11.9. The molecule has 0 aromatic heterocycles. The molecule has 2 aliphatic heterocycles. The van der Waals surface area contributed by atoms with Gasteiger partial charge in [0.2, 0.25) is 21.8 Å². The maximum Gasteiger partial charge on any atom is 0.241 e. The Hall–Kier alpha value is -1.15. The zero-order valence-electron chi connectivity index (χ0n) is 15.0. The van der Waals surface area contributed by atoms with E-state index in [4.69, 9.17) is 0 Å². The fourth-order valence-corrected chi connectivity index (χ4v) is 5.55. The van der Waals surface area contributed by atoms with Crippen LogP contribution in [-0.2, 0) is 19.6 Å². The summed E-state index contributed by atoms with van der Waals surface area (Å²) in [6.45, 7) is 4.43. The number of hydrogen-bond donors (Lipinski definition) is 0. The van der Waals surface area contributed by atoms with Gasteiger partial charge in [-0.05, 0) is 32.1 Å². The number of sulfonamides is 1. The summed E-state index contributed by atoms with van der Waals surface area (Å²) in [5, 5.41) is 0. The van der Waals surface area contributed by atoms with Gasteiger partial charge in [-0.3, -0.25) is 9.59 Å². The molecule has 0 aromatic carbocycles. The van der Waals surface area contributed by atoms with Gasteiger partial charge in [-0.15, -0.1) is 0 Å². The second kappa shape index (κ2) is 7.61. The minimum absolute atomic E-state index is 0.0853. The SMILES string of the molecule is CCCS(=O)(=O)N1CCCCC1C(=O)N1CCN(C(=O)C2CC2)CC1. The van der Waals surface area contributed by atoms with Crippen molar-refractivity contribution in [3.63, 3.8) is 0 Å². The van der Waals surface area contributed by atoms with E-state index < -0.39 is 16.1 Å². The Morgan fingerprint density at radius 1 is 0.880 bits per heavy atom. The Morgan fingerprint density at radius 3 is 2.04 bits per heavy atom. The van der Waals surface area contributed by atoms with Gasteiger partial charge < -0.3 is 9.80 Å². The van der Waals surface area contributed by atoms with Crippen LogP contribution in [0.5, 0.6) is 0 Å². The molecule has 1 atom stereocenters.